The van der Waals surface area contributed by atoms with Crippen LogP contribution in [0.2, 0.25) is 0 Å². The SMILES string of the molecule is C=C/C=C(\C=C(\C)N)c1ccc(NC(=O)Nc2cccc(OC(C)C)c2)cc1. The highest BCUT2D eigenvalue weighted by Crippen LogP contribution is 2.21. The fourth-order valence-corrected chi connectivity index (χ4v) is 2.56. The van der Waals surface area contributed by atoms with E-state index < -0.39 is 0 Å². The molecule has 0 aromatic heterocycles. The summed E-state index contributed by atoms with van der Waals surface area (Å²) in [4.78, 5) is 12.3. The molecule has 0 atom stereocenters. The van der Waals surface area contributed by atoms with Crippen molar-refractivity contribution in [2.45, 2.75) is 26.9 Å². The molecule has 2 aromatic carbocycles. The molecule has 0 fully saturated rings. The van der Waals surface area contributed by atoms with Crippen LogP contribution in [-0.4, -0.2) is 12.1 Å². The van der Waals surface area contributed by atoms with Crippen LogP contribution in [0.4, 0.5) is 16.2 Å². The van der Waals surface area contributed by atoms with Crippen LogP contribution in [0.3, 0.4) is 0 Å². The number of urea groups is 1. The maximum Gasteiger partial charge on any atom is 0.323 e. The molecular formula is C23H27N3O2. The van der Waals surface area contributed by atoms with E-state index in [9.17, 15) is 4.79 Å². The third-order valence-corrected chi connectivity index (χ3v) is 3.62. The first-order valence-corrected chi connectivity index (χ1v) is 9.09. The average Bonchev–Trinajstić information content (AvgIpc) is 2.61. The third-order valence-electron chi connectivity index (χ3n) is 3.62. The summed E-state index contributed by atoms with van der Waals surface area (Å²) in [6, 6.07) is 14.5. The molecule has 0 bridgehead atoms. The number of rotatable bonds is 7. The number of nitrogens with two attached hydrogens (primary N) is 1. The van der Waals surface area contributed by atoms with Gasteiger partial charge in [0, 0.05) is 23.1 Å². The van der Waals surface area contributed by atoms with Crippen LogP contribution in [0.15, 0.2) is 79.0 Å². The highest BCUT2D eigenvalue weighted by molar-refractivity contribution is 6.00. The number of nitrogens with one attached hydrogen (secondary N) is 2. The summed E-state index contributed by atoms with van der Waals surface area (Å²) in [5, 5.41) is 5.63. The van der Waals surface area contributed by atoms with Crippen molar-refractivity contribution in [1.82, 2.24) is 0 Å². The normalized spacial score (nSPS) is 11.9. The molecule has 0 unspecified atom stereocenters. The number of hydrogen-bond donors (Lipinski definition) is 3. The monoisotopic (exact) mass is 377 g/mol. The summed E-state index contributed by atoms with van der Waals surface area (Å²) in [5.41, 5.74) is 9.76. The number of hydrogen-bond acceptors (Lipinski definition) is 3. The van der Waals surface area contributed by atoms with E-state index in [0.29, 0.717) is 22.8 Å². The highest BCUT2D eigenvalue weighted by Gasteiger charge is 2.06. The second kappa shape index (κ2) is 10.0. The Morgan fingerprint density at radius 2 is 1.79 bits per heavy atom. The van der Waals surface area contributed by atoms with Gasteiger partial charge in [-0.1, -0.05) is 36.9 Å². The molecule has 146 valence electrons. The van der Waals surface area contributed by atoms with Gasteiger partial charge in [-0.05, 0) is 62.2 Å². The van der Waals surface area contributed by atoms with Crippen LogP contribution >= 0.6 is 0 Å². The maximum absolute atomic E-state index is 12.3. The molecule has 0 aliphatic heterocycles. The molecule has 0 saturated carbocycles. The lowest BCUT2D eigenvalue weighted by Gasteiger charge is -2.12. The summed E-state index contributed by atoms with van der Waals surface area (Å²) in [5.74, 6) is 0.710. The van der Waals surface area contributed by atoms with Crippen LogP contribution in [-0.2, 0) is 0 Å². The Balaban J connectivity index is 2.04. The molecule has 0 spiro atoms. The van der Waals surface area contributed by atoms with E-state index in [1.54, 1.807) is 12.1 Å². The number of anilines is 2. The standard InChI is InChI=1S/C23H27N3O2/c1-5-7-19(14-17(4)24)18-10-12-20(13-11-18)25-23(27)26-21-8-6-9-22(15-21)28-16(2)3/h5-16H,1,24H2,2-4H3,(H2,25,26,27)/b17-14-,19-7+. The predicted molar refractivity (Wildman–Crippen MR) is 117 cm³/mol. The molecule has 2 aromatic rings. The first kappa shape index (κ1) is 20.8. The Kier molecular flexibility index (Phi) is 7.45. The van der Waals surface area contributed by atoms with E-state index in [2.05, 4.69) is 17.2 Å². The van der Waals surface area contributed by atoms with Crippen LogP contribution < -0.4 is 21.1 Å². The van der Waals surface area contributed by atoms with Crippen LogP contribution in [0.1, 0.15) is 26.3 Å². The van der Waals surface area contributed by atoms with Gasteiger partial charge in [-0.3, -0.25) is 0 Å². The summed E-state index contributed by atoms with van der Waals surface area (Å²) in [6.07, 6.45) is 5.55. The van der Waals surface area contributed by atoms with Gasteiger partial charge in [0.05, 0.1) is 6.10 Å². The summed E-state index contributed by atoms with van der Waals surface area (Å²) in [6.45, 7) is 9.47. The Labute approximate surface area is 166 Å². The molecular weight excluding hydrogens is 350 g/mol. The van der Waals surface area contributed by atoms with E-state index in [1.165, 1.54) is 0 Å². The van der Waals surface area contributed by atoms with Gasteiger partial charge in [-0.2, -0.15) is 0 Å². The first-order chi connectivity index (χ1) is 13.4. The van der Waals surface area contributed by atoms with Crippen molar-refractivity contribution in [3.05, 3.63) is 84.6 Å². The molecule has 5 nitrogen and oxygen atoms in total. The minimum atomic E-state index is -0.325. The van der Waals surface area contributed by atoms with E-state index in [0.717, 1.165) is 11.1 Å². The van der Waals surface area contributed by atoms with Crippen LogP contribution in [0.5, 0.6) is 5.75 Å². The topological polar surface area (TPSA) is 76.4 Å². The van der Waals surface area contributed by atoms with Crippen LogP contribution in [0.25, 0.3) is 5.57 Å². The van der Waals surface area contributed by atoms with E-state index in [-0.39, 0.29) is 12.1 Å². The molecule has 2 amide bonds. The zero-order valence-corrected chi connectivity index (χ0v) is 16.5. The van der Waals surface area contributed by atoms with Crippen LogP contribution in [0, 0.1) is 0 Å². The Bertz CT molecular complexity index is 877. The lowest BCUT2D eigenvalue weighted by molar-refractivity contribution is 0.242. The Morgan fingerprint density at radius 3 is 2.39 bits per heavy atom. The zero-order valence-electron chi connectivity index (χ0n) is 16.5. The smallest absolute Gasteiger partial charge is 0.323 e. The molecule has 0 radical (unpaired) electrons. The maximum atomic E-state index is 12.3. The lowest BCUT2D eigenvalue weighted by atomic mass is 10.0. The number of carbonyl (C=O) groups excluding carboxylic acids is 1. The second-order valence-electron chi connectivity index (χ2n) is 6.60. The van der Waals surface area contributed by atoms with Crippen molar-refractivity contribution in [2.24, 2.45) is 5.73 Å². The van der Waals surface area contributed by atoms with E-state index in [1.807, 2.05) is 75.4 Å². The van der Waals surface area contributed by atoms with Gasteiger partial charge in [0.2, 0.25) is 0 Å². The van der Waals surface area contributed by atoms with Gasteiger partial charge in [0.25, 0.3) is 0 Å². The fraction of sp³-hybridized carbons (Fsp3) is 0.174. The van der Waals surface area contributed by atoms with Crippen molar-refractivity contribution in [1.29, 1.82) is 0 Å². The largest absolute Gasteiger partial charge is 0.491 e. The molecule has 0 heterocycles. The minimum absolute atomic E-state index is 0.0699. The van der Waals surface area contributed by atoms with Gasteiger partial charge >= 0.3 is 6.03 Å². The third kappa shape index (κ3) is 6.68. The molecule has 2 rings (SSSR count). The molecule has 5 heteroatoms. The molecule has 0 aliphatic rings. The number of carbonyl (C=O) groups is 1. The highest BCUT2D eigenvalue weighted by atomic mass is 16.5. The van der Waals surface area contributed by atoms with E-state index >= 15 is 0 Å². The molecule has 0 aliphatic carbocycles. The minimum Gasteiger partial charge on any atom is -0.491 e. The van der Waals surface area contributed by atoms with Gasteiger partial charge in [-0.15, -0.1) is 0 Å². The average molecular weight is 377 g/mol. The Morgan fingerprint density at radius 1 is 1.11 bits per heavy atom. The molecule has 0 saturated heterocycles. The van der Waals surface area contributed by atoms with Crippen molar-refractivity contribution in [3.8, 4) is 5.75 Å². The number of allylic oxidation sites excluding steroid dienone is 5. The summed E-state index contributed by atoms with van der Waals surface area (Å²) >= 11 is 0. The van der Waals surface area contributed by atoms with Gasteiger partial charge in [0.15, 0.2) is 0 Å². The predicted octanol–water partition coefficient (Wildman–Crippen LogP) is 5.55. The Hall–Kier alpha value is -3.47. The van der Waals surface area contributed by atoms with E-state index in [4.69, 9.17) is 10.5 Å². The number of benzene rings is 2. The van der Waals surface area contributed by atoms with Gasteiger partial charge in [-0.25, -0.2) is 4.79 Å². The van der Waals surface area contributed by atoms with Gasteiger partial charge in [0.1, 0.15) is 5.75 Å². The van der Waals surface area contributed by atoms with Crippen molar-refractivity contribution in [3.63, 3.8) is 0 Å². The van der Waals surface area contributed by atoms with Crippen molar-refractivity contribution in [2.75, 3.05) is 10.6 Å². The number of amides is 2. The van der Waals surface area contributed by atoms with Crippen molar-refractivity contribution < 1.29 is 9.53 Å². The zero-order chi connectivity index (χ0) is 20.5. The first-order valence-electron chi connectivity index (χ1n) is 9.09. The molecule has 28 heavy (non-hydrogen) atoms. The fourth-order valence-electron chi connectivity index (χ4n) is 2.56. The summed E-state index contributed by atoms with van der Waals surface area (Å²) < 4.78 is 5.64. The molecule has 4 N–H and O–H groups in total. The quantitative estimate of drug-likeness (QED) is 0.554. The van der Waals surface area contributed by atoms with Gasteiger partial charge < -0.3 is 21.1 Å². The summed E-state index contributed by atoms with van der Waals surface area (Å²) in [7, 11) is 0. The second-order valence-corrected chi connectivity index (χ2v) is 6.60. The lowest BCUT2D eigenvalue weighted by Crippen LogP contribution is -2.19. The number of ether oxygens (including phenoxy) is 1. The van der Waals surface area contributed by atoms with Crippen molar-refractivity contribution >= 4 is 23.0 Å².